The van der Waals surface area contributed by atoms with Crippen LogP contribution in [0.5, 0.6) is 0 Å². The highest BCUT2D eigenvalue weighted by atomic mass is 15.2. The zero-order valence-corrected chi connectivity index (χ0v) is 16.5. The van der Waals surface area contributed by atoms with Crippen LogP contribution >= 0.6 is 0 Å². The summed E-state index contributed by atoms with van der Waals surface area (Å²) in [5, 5.41) is 6.89. The second-order valence-corrected chi connectivity index (χ2v) is 7.72. The number of nitrogens with one attached hydrogen (secondary N) is 2. The number of fused-ring (bicyclic) bond motifs is 1. The maximum absolute atomic E-state index is 4.71. The highest BCUT2D eigenvalue weighted by Gasteiger charge is 2.27. The van der Waals surface area contributed by atoms with Gasteiger partial charge in [0.2, 0.25) is 0 Å². The number of likely N-dealkylation sites (tertiary alicyclic amines) is 1. The summed E-state index contributed by atoms with van der Waals surface area (Å²) in [7, 11) is 3.88. The van der Waals surface area contributed by atoms with Gasteiger partial charge in [-0.2, -0.15) is 0 Å². The molecule has 142 valence electrons. The average molecular weight is 357 g/mol. The number of para-hydroxylation sites is 2. The smallest absolute Gasteiger partial charge is 0.191 e. The van der Waals surface area contributed by atoms with Crippen LogP contribution in [0.2, 0.25) is 0 Å². The van der Waals surface area contributed by atoms with Crippen LogP contribution in [0.15, 0.2) is 29.3 Å². The topological polar surface area (TPSA) is 57.5 Å². The molecular weight excluding hydrogens is 324 g/mol. The van der Waals surface area contributed by atoms with Crippen molar-refractivity contribution >= 4 is 17.0 Å². The van der Waals surface area contributed by atoms with E-state index in [1.165, 1.54) is 32.4 Å². The Kier molecular flexibility index (Phi) is 5.81. The third kappa shape index (κ3) is 4.18. The van der Waals surface area contributed by atoms with Gasteiger partial charge in [-0.05, 0) is 51.9 Å². The van der Waals surface area contributed by atoms with E-state index in [1.54, 1.807) is 0 Å². The van der Waals surface area contributed by atoms with E-state index >= 15 is 0 Å². The number of aryl methyl sites for hydroxylation is 1. The van der Waals surface area contributed by atoms with Crippen molar-refractivity contribution in [2.45, 2.75) is 45.2 Å². The molecule has 1 aliphatic heterocycles. The molecule has 1 aliphatic rings. The van der Waals surface area contributed by atoms with Gasteiger partial charge in [-0.1, -0.05) is 18.6 Å². The van der Waals surface area contributed by atoms with Gasteiger partial charge >= 0.3 is 0 Å². The fourth-order valence-corrected chi connectivity index (χ4v) is 3.65. The van der Waals surface area contributed by atoms with Crippen molar-refractivity contribution in [2.75, 3.05) is 26.7 Å². The first-order valence-electron chi connectivity index (χ1n) is 9.61. The Morgan fingerprint density at radius 3 is 2.58 bits per heavy atom. The van der Waals surface area contributed by atoms with Crippen molar-refractivity contribution < 1.29 is 0 Å². The molecule has 0 aliphatic carbocycles. The lowest BCUT2D eigenvalue weighted by atomic mass is 9.98. The zero-order chi connectivity index (χ0) is 18.6. The molecule has 26 heavy (non-hydrogen) atoms. The van der Waals surface area contributed by atoms with Gasteiger partial charge in [-0.15, -0.1) is 0 Å². The molecule has 1 saturated heterocycles. The summed E-state index contributed by atoms with van der Waals surface area (Å²) in [5.41, 5.74) is 2.30. The molecule has 1 fully saturated rings. The van der Waals surface area contributed by atoms with Gasteiger partial charge in [0.05, 0.1) is 17.6 Å². The van der Waals surface area contributed by atoms with Crippen LogP contribution in [0.25, 0.3) is 11.0 Å². The number of aliphatic imine (C=N–C) groups is 1. The van der Waals surface area contributed by atoms with E-state index in [9.17, 15) is 0 Å². The minimum absolute atomic E-state index is 0.121. The van der Waals surface area contributed by atoms with E-state index < -0.39 is 0 Å². The van der Waals surface area contributed by atoms with Crippen molar-refractivity contribution in [1.29, 1.82) is 0 Å². The molecule has 0 amide bonds. The van der Waals surface area contributed by atoms with E-state index in [-0.39, 0.29) is 5.54 Å². The van der Waals surface area contributed by atoms with E-state index in [0.29, 0.717) is 6.54 Å². The second kappa shape index (κ2) is 8.08. The van der Waals surface area contributed by atoms with E-state index in [1.807, 2.05) is 25.2 Å². The van der Waals surface area contributed by atoms with E-state index in [2.05, 4.69) is 52.1 Å². The molecule has 0 unspecified atom stereocenters. The monoisotopic (exact) mass is 356 g/mol. The van der Waals surface area contributed by atoms with Crippen LogP contribution in [0.4, 0.5) is 0 Å². The van der Waals surface area contributed by atoms with Gasteiger partial charge in [0.15, 0.2) is 5.96 Å². The molecule has 2 aromatic rings. The summed E-state index contributed by atoms with van der Waals surface area (Å²) in [6.07, 6.45) is 3.98. The maximum Gasteiger partial charge on any atom is 0.191 e. The minimum atomic E-state index is 0.121. The fraction of sp³-hybridized carbons (Fsp3) is 0.600. The third-order valence-electron chi connectivity index (χ3n) is 5.42. The molecule has 6 nitrogen and oxygen atoms in total. The van der Waals surface area contributed by atoms with Crippen molar-refractivity contribution in [1.82, 2.24) is 25.1 Å². The number of benzene rings is 1. The van der Waals surface area contributed by atoms with Crippen molar-refractivity contribution in [2.24, 2.45) is 12.0 Å². The first-order chi connectivity index (χ1) is 12.5. The Morgan fingerprint density at radius 2 is 1.88 bits per heavy atom. The van der Waals surface area contributed by atoms with Gasteiger partial charge in [-0.25, -0.2) is 4.98 Å². The highest BCUT2D eigenvalue weighted by molar-refractivity contribution is 5.80. The van der Waals surface area contributed by atoms with Crippen LogP contribution in [0, 0.1) is 0 Å². The number of aromatic nitrogens is 2. The molecule has 0 spiro atoms. The number of nitrogens with zero attached hydrogens (tertiary/aromatic N) is 4. The molecule has 6 heteroatoms. The van der Waals surface area contributed by atoms with Gasteiger partial charge in [0.25, 0.3) is 0 Å². The Labute approximate surface area is 156 Å². The number of imidazole rings is 1. The van der Waals surface area contributed by atoms with Gasteiger partial charge in [-0.3, -0.25) is 9.89 Å². The van der Waals surface area contributed by atoms with E-state index in [0.717, 1.165) is 29.4 Å². The highest BCUT2D eigenvalue weighted by Crippen LogP contribution is 2.19. The molecule has 1 aromatic carbocycles. The normalized spacial score (nSPS) is 16.8. The SMILES string of the molecule is CN=C(NCc1nc2ccccc2n1C)NCC(C)(C)N1CCCCC1. The first kappa shape index (κ1) is 18.7. The largest absolute Gasteiger partial charge is 0.355 e. The summed E-state index contributed by atoms with van der Waals surface area (Å²) in [6, 6.07) is 8.22. The molecule has 1 aromatic heterocycles. The van der Waals surface area contributed by atoms with Crippen molar-refractivity contribution in [3.05, 3.63) is 30.1 Å². The van der Waals surface area contributed by atoms with Crippen molar-refractivity contribution in [3.63, 3.8) is 0 Å². The maximum atomic E-state index is 4.71. The van der Waals surface area contributed by atoms with Crippen LogP contribution < -0.4 is 10.6 Å². The summed E-state index contributed by atoms with van der Waals surface area (Å²) in [6.45, 7) is 8.53. The predicted molar refractivity (Wildman–Crippen MR) is 108 cm³/mol. The molecule has 0 saturated carbocycles. The molecule has 2 heterocycles. The van der Waals surface area contributed by atoms with E-state index in [4.69, 9.17) is 4.98 Å². The van der Waals surface area contributed by atoms with Crippen molar-refractivity contribution in [3.8, 4) is 0 Å². The minimum Gasteiger partial charge on any atom is -0.355 e. The fourth-order valence-electron chi connectivity index (χ4n) is 3.65. The Bertz CT molecular complexity index is 755. The molecule has 0 atom stereocenters. The summed E-state index contributed by atoms with van der Waals surface area (Å²) >= 11 is 0. The van der Waals surface area contributed by atoms with Crippen LogP contribution in [-0.4, -0.2) is 52.6 Å². The Balaban J connectivity index is 1.56. The lowest BCUT2D eigenvalue weighted by molar-refractivity contribution is 0.0982. The lowest BCUT2D eigenvalue weighted by Gasteiger charge is -2.41. The van der Waals surface area contributed by atoms with Gasteiger partial charge < -0.3 is 15.2 Å². The summed E-state index contributed by atoms with van der Waals surface area (Å²) in [5.74, 6) is 1.83. The molecular formula is C20H32N6. The number of hydrogen-bond donors (Lipinski definition) is 2. The van der Waals surface area contributed by atoms with Gasteiger partial charge in [0.1, 0.15) is 5.82 Å². The average Bonchev–Trinajstić information content (AvgIpc) is 2.99. The van der Waals surface area contributed by atoms with Crippen LogP contribution in [0.1, 0.15) is 38.9 Å². The third-order valence-corrected chi connectivity index (χ3v) is 5.42. The Morgan fingerprint density at radius 1 is 1.15 bits per heavy atom. The lowest BCUT2D eigenvalue weighted by Crippen LogP contribution is -2.54. The predicted octanol–water partition coefficient (Wildman–Crippen LogP) is 2.50. The second-order valence-electron chi connectivity index (χ2n) is 7.72. The zero-order valence-electron chi connectivity index (χ0n) is 16.5. The molecule has 3 rings (SSSR count). The molecule has 2 N–H and O–H groups in total. The van der Waals surface area contributed by atoms with Gasteiger partial charge in [0, 0.05) is 26.2 Å². The molecule has 0 radical (unpaired) electrons. The summed E-state index contributed by atoms with van der Waals surface area (Å²) in [4.78, 5) is 11.7. The summed E-state index contributed by atoms with van der Waals surface area (Å²) < 4.78 is 2.13. The van der Waals surface area contributed by atoms with Crippen LogP contribution in [-0.2, 0) is 13.6 Å². The number of hydrogen-bond acceptors (Lipinski definition) is 3. The number of rotatable bonds is 5. The number of piperidine rings is 1. The Hall–Kier alpha value is -2.08. The standard InChI is InChI=1S/C20H32N6/c1-20(2,26-12-8-5-9-13-26)15-23-19(21-3)22-14-18-24-16-10-6-7-11-17(16)25(18)4/h6-7,10-11H,5,8-9,12-15H2,1-4H3,(H2,21,22,23). The quantitative estimate of drug-likeness (QED) is 0.638. The first-order valence-corrected chi connectivity index (χ1v) is 9.61. The number of guanidine groups is 1. The molecule has 0 bridgehead atoms. The van der Waals surface area contributed by atoms with Crippen LogP contribution in [0.3, 0.4) is 0 Å².